The summed E-state index contributed by atoms with van der Waals surface area (Å²) in [6.07, 6.45) is 1.84. The van der Waals surface area contributed by atoms with E-state index in [1.54, 1.807) is 12.1 Å². The van der Waals surface area contributed by atoms with E-state index < -0.39 is 9.84 Å². The maximum absolute atomic E-state index is 11.7. The lowest BCUT2D eigenvalue weighted by Gasteiger charge is -2.09. The van der Waals surface area contributed by atoms with Crippen molar-refractivity contribution in [3.8, 4) is 0 Å². The van der Waals surface area contributed by atoms with Gasteiger partial charge in [-0.1, -0.05) is 11.2 Å². The Morgan fingerprint density at radius 2 is 2.25 bits per heavy atom. The van der Waals surface area contributed by atoms with Crippen LogP contribution in [0.25, 0.3) is 0 Å². The van der Waals surface area contributed by atoms with Crippen LogP contribution < -0.4 is 0 Å². The van der Waals surface area contributed by atoms with Crippen molar-refractivity contribution in [3.05, 3.63) is 29.3 Å². The summed E-state index contributed by atoms with van der Waals surface area (Å²) in [5.74, 6) is 0. The molecule has 0 fully saturated rings. The zero-order valence-corrected chi connectivity index (χ0v) is 9.97. The van der Waals surface area contributed by atoms with Gasteiger partial charge in [0, 0.05) is 18.2 Å². The number of nitrogens with zero attached hydrogens (tertiary/aromatic N) is 1. The Bertz CT molecular complexity index is 546. The summed E-state index contributed by atoms with van der Waals surface area (Å²) in [4.78, 5) is 5.21. The quantitative estimate of drug-likeness (QED) is 0.781. The molecule has 0 unspecified atom stereocenters. The number of hydrogen-bond donors (Lipinski definition) is 0. The molecule has 4 nitrogen and oxygen atoms in total. The Morgan fingerprint density at radius 3 is 2.81 bits per heavy atom. The van der Waals surface area contributed by atoms with Gasteiger partial charge < -0.3 is 4.84 Å². The molecule has 1 aliphatic rings. The number of rotatable bonds is 2. The van der Waals surface area contributed by atoms with Crippen LogP contribution in [0.15, 0.2) is 22.2 Å². The van der Waals surface area contributed by atoms with Crippen molar-refractivity contribution < 1.29 is 13.3 Å². The maximum atomic E-state index is 11.7. The maximum Gasteiger partial charge on any atom is 0.176 e. The largest absolute Gasteiger partial charge is 0.395 e. The summed E-state index contributed by atoms with van der Waals surface area (Å²) in [5.41, 5.74) is 2.12. The van der Waals surface area contributed by atoms with Gasteiger partial charge in [0.05, 0.1) is 10.6 Å². The highest BCUT2D eigenvalue weighted by Gasteiger charge is 2.21. The molecule has 2 rings (SSSR count). The van der Waals surface area contributed by atoms with Gasteiger partial charge in [-0.2, -0.15) is 0 Å². The average Bonchev–Trinajstić information content (AvgIpc) is 2.68. The molecule has 0 aromatic heterocycles. The molecular weight excluding hydrogens is 226 g/mol. The second-order valence-electron chi connectivity index (χ2n) is 3.74. The van der Waals surface area contributed by atoms with Crippen LogP contribution >= 0.6 is 0 Å². The number of sulfone groups is 1. The van der Waals surface area contributed by atoms with Gasteiger partial charge in [0.25, 0.3) is 0 Å². The summed E-state index contributed by atoms with van der Waals surface area (Å²) in [6, 6.07) is 6.16. The van der Waals surface area contributed by atoms with Crippen molar-refractivity contribution in [2.45, 2.75) is 18.2 Å². The molecule has 1 aliphatic heterocycles. The monoisotopic (exact) mass is 238 g/mol. The molecule has 0 bridgehead atoms. The first-order valence-corrected chi connectivity index (χ1v) is 6.80. The van der Waals surface area contributed by atoms with Gasteiger partial charge >= 0.3 is 0 Å². The van der Waals surface area contributed by atoms with Crippen LogP contribution in [-0.4, -0.2) is 27.0 Å². The molecule has 5 heteroatoms. The lowest BCUT2D eigenvalue weighted by Crippen LogP contribution is -2.09. The van der Waals surface area contributed by atoms with Gasteiger partial charge in [-0.05, 0) is 24.6 Å². The van der Waals surface area contributed by atoms with E-state index in [0.717, 1.165) is 5.56 Å². The smallest absolute Gasteiger partial charge is 0.176 e. The molecule has 0 spiro atoms. The Hall–Kier alpha value is -1.36. The normalized spacial score (nSPS) is 15.8. The first-order chi connectivity index (χ1) is 7.50. The minimum Gasteiger partial charge on any atom is -0.395 e. The number of aryl methyl sites for hydroxylation is 1. The molecule has 1 radical (unpaired) electrons. The highest BCUT2D eigenvalue weighted by atomic mass is 32.2. The van der Waals surface area contributed by atoms with Crippen LogP contribution in [0.5, 0.6) is 0 Å². The van der Waals surface area contributed by atoms with Gasteiger partial charge in [-0.15, -0.1) is 0 Å². The third kappa shape index (κ3) is 1.95. The van der Waals surface area contributed by atoms with Gasteiger partial charge in [-0.3, -0.25) is 0 Å². The Labute approximate surface area is 94.8 Å². The zero-order valence-electron chi connectivity index (χ0n) is 9.15. The molecule has 0 atom stereocenters. The van der Waals surface area contributed by atoms with Gasteiger partial charge in [-0.25, -0.2) is 8.42 Å². The summed E-state index contributed by atoms with van der Waals surface area (Å²) in [5, 5.41) is 3.87. The summed E-state index contributed by atoms with van der Waals surface area (Å²) in [6.45, 7) is 2.33. The van der Waals surface area contributed by atoms with E-state index in [0.29, 0.717) is 29.2 Å². The summed E-state index contributed by atoms with van der Waals surface area (Å²) in [7, 11) is -3.25. The number of hydrogen-bond acceptors (Lipinski definition) is 4. The minimum absolute atomic E-state index is 0.299. The summed E-state index contributed by atoms with van der Waals surface area (Å²) >= 11 is 0. The SMILES string of the molecule is Cc1[c]ccc(S(C)(=O)=O)c1C1=NOCC1. The highest BCUT2D eigenvalue weighted by Crippen LogP contribution is 2.23. The van der Waals surface area contributed by atoms with E-state index in [4.69, 9.17) is 4.84 Å². The average molecular weight is 238 g/mol. The van der Waals surface area contributed by atoms with E-state index in [9.17, 15) is 8.42 Å². The minimum atomic E-state index is -3.25. The Morgan fingerprint density at radius 1 is 1.50 bits per heavy atom. The van der Waals surface area contributed by atoms with Crippen molar-refractivity contribution in [2.75, 3.05) is 12.9 Å². The first kappa shape index (κ1) is 11.1. The second-order valence-corrected chi connectivity index (χ2v) is 5.72. The molecule has 1 heterocycles. The van der Waals surface area contributed by atoms with Gasteiger partial charge in [0.15, 0.2) is 9.84 Å². The van der Waals surface area contributed by atoms with E-state index >= 15 is 0 Å². The molecule has 0 saturated heterocycles. The lowest BCUT2D eigenvalue weighted by molar-refractivity contribution is 0.174. The molecular formula is C11H12NO3S. The van der Waals surface area contributed by atoms with Crippen LogP contribution in [-0.2, 0) is 14.7 Å². The van der Waals surface area contributed by atoms with Crippen LogP contribution in [0.2, 0.25) is 0 Å². The van der Waals surface area contributed by atoms with Crippen LogP contribution in [0, 0.1) is 13.0 Å². The third-order valence-corrected chi connectivity index (χ3v) is 3.59. The lowest BCUT2D eigenvalue weighted by atomic mass is 10.0. The molecule has 0 aliphatic carbocycles. The molecule has 85 valence electrons. The zero-order chi connectivity index (χ0) is 11.8. The number of benzene rings is 1. The number of oxime groups is 1. The van der Waals surface area contributed by atoms with Crippen molar-refractivity contribution in [1.82, 2.24) is 0 Å². The molecule has 0 N–H and O–H groups in total. The van der Waals surface area contributed by atoms with E-state index in [-0.39, 0.29) is 0 Å². The first-order valence-electron chi connectivity index (χ1n) is 4.90. The van der Waals surface area contributed by atoms with Crippen molar-refractivity contribution in [2.24, 2.45) is 5.16 Å². The molecule has 1 aromatic carbocycles. The highest BCUT2D eigenvalue weighted by molar-refractivity contribution is 7.90. The Balaban J connectivity index is 2.67. The van der Waals surface area contributed by atoms with E-state index in [2.05, 4.69) is 11.2 Å². The van der Waals surface area contributed by atoms with Crippen molar-refractivity contribution >= 4 is 15.5 Å². The molecule has 0 amide bonds. The fourth-order valence-corrected chi connectivity index (χ4v) is 2.69. The predicted octanol–water partition coefficient (Wildman–Crippen LogP) is 1.32. The fourth-order valence-electron chi connectivity index (χ4n) is 1.73. The van der Waals surface area contributed by atoms with Gasteiger partial charge in [0.2, 0.25) is 0 Å². The third-order valence-electron chi connectivity index (χ3n) is 2.45. The molecule has 1 aromatic rings. The van der Waals surface area contributed by atoms with Gasteiger partial charge in [0.1, 0.15) is 6.61 Å². The standard InChI is InChI=1S/C11H12NO3S/c1-8-4-3-5-10(16(2,13)14)11(8)9-6-7-15-12-9/h3,5H,6-7H2,1-2H3. The van der Waals surface area contributed by atoms with Crippen LogP contribution in [0.1, 0.15) is 17.5 Å². The summed E-state index contributed by atoms with van der Waals surface area (Å²) < 4.78 is 23.3. The Kier molecular flexibility index (Phi) is 2.71. The van der Waals surface area contributed by atoms with Crippen molar-refractivity contribution in [1.29, 1.82) is 0 Å². The predicted molar refractivity (Wildman–Crippen MR) is 60.2 cm³/mol. The van der Waals surface area contributed by atoms with E-state index in [1.807, 2.05) is 6.92 Å². The second kappa shape index (κ2) is 3.90. The molecule has 16 heavy (non-hydrogen) atoms. The molecule has 0 saturated carbocycles. The van der Waals surface area contributed by atoms with Crippen LogP contribution in [0.4, 0.5) is 0 Å². The fraction of sp³-hybridized carbons (Fsp3) is 0.364. The van der Waals surface area contributed by atoms with Crippen molar-refractivity contribution in [3.63, 3.8) is 0 Å². The van der Waals surface area contributed by atoms with Crippen LogP contribution in [0.3, 0.4) is 0 Å². The van der Waals surface area contributed by atoms with E-state index in [1.165, 1.54) is 6.26 Å². The topological polar surface area (TPSA) is 55.7 Å².